The van der Waals surface area contributed by atoms with Crippen LogP contribution in [-0.2, 0) is 10.0 Å². The van der Waals surface area contributed by atoms with E-state index in [4.69, 9.17) is 4.52 Å². The van der Waals surface area contributed by atoms with Gasteiger partial charge in [-0.1, -0.05) is 35.5 Å². The van der Waals surface area contributed by atoms with Gasteiger partial charge in [-0.15, -0.1) is 16.2 Å². The number of aromatic nitrogens is 2. The van der Waals surface area contributed by atoms with Crippen molar-refractivity contribution in [2.75, 3.05) is 0 Å². The molecule has 0 radical (unpaired) electrons. The van der Waals surface area contributed by atoms with Gasteiger partial charge in [0.1, 0.15) is 20.5 Å². The zero-order chi connectivity index (χ0) is 18.9. The normalized spacial score (nSPS) is 11.5. The molecule has 0 unspecified atom stereocenters. The first-order chi connectivity index (χ1) is 12.3. The lowest BCUT2D eigenvalue weighted by Gasteiger charge is -2.07. The topological polar surface area (TPSA) is 114 Å². The van der Waals surface area contributed by atoms with E-state index < -0.39 is 15.9 Å². The Balaban J connectivity index is 1.78. The first kappa shape index (κ1) is 18.2. The largest absolute Gasteiger partial charge is 0.360 e. The number of nitrogens with zero attached hydrogens (tertiary/aromatic N) is 2. The van der Waals surface area contributed by atoms with Crippen LogP contribution in [-0.4, -0.2) is 24.5 Å². The predicted octanol–water partition coefficient (Wildman–Crippen LogP) is 2.35. The number of hydrogen-bond donors (Lipinski definition) is 2. The maximum absolute atomic E-state index is 12.4. The van der Waals surface area contributed by atoms with Gasteiger partial charge in [-0.05, 0) is 20.8 Å². The molecule has 26 heavy (non-hydrogen) atoms. The van der Waals surface area contributed by atoms with E-state index >= 15 is 0 Å². The highest BCUT2D eigenvalue weighted by Crippen LogP contribution is 2.27. The van der Waals surface area contributed by atoms with Crippen LogP contribution in [0.1, 0.15) is 26.8 Å². The Bertz CT molecular complexity index is 1040. The van der Waals surface area contributed by atoms with Crippen molar-refractivity contribution < 1.29 is 17.7 Å². The molecule has 136 valence electrons. The summed E-state index contributed by atoms with van der Waals surface area (Å²) >= 11 is 1.19. The smallest absolute Gasteiger partial charge is 0.278 e. The number of carbonyl (C=O) groups is 1. The van der Waals surface area contributed by atoms with Crippen LogP contribution in [0.4, 0.5) is 0 Å². The quantitative estimate of drug-likeness (QED) is 0.644. The minimum absolute atomic E-state index is 0.0937. The van der Waals surface area contributed by atoms with Gasteiger partial charge in [-0.2, -0.15) is 0 Å². The molecule has 1 amide bonds. The van der Waals surface area contributed by atoms with Crippen molar-refractivity contribution in [3.8, 4) is 10.6 Å². The van der Waals surface area contributed by atoms with E-state index in [1.807, 2.05) is 30.3 Å². The van der Waals surface area contributed by atoms with Crippen LogP contribution < -0.4 is 10.3 Å². The zero-order valence-electron chi connectivity index (χ0n) is 14.2. The molecule has 3 aromatic rings. The van der Waals surface area contributed by atoms with Crippen LogP contribution in [0, 0.1) is 20.8 Å². The summed E-state index contributed by atoms with van der Waals surface area (Å²) in [5, 5.41) is 4.29. The maximum Gasteiger partial charge on any atom is 0.278 e. The number of sulfonamides is 1. The summed E-state index contributed by atoms with van der Waals surface area (Å²) in [6, 6.07) is 9.43. The van der Waals surface area contributed by atoms with Gasteiger partial charge in [-0.25, -0.2) is 13.4 Å². The van der Waals surface area contributed by atoms with Crippen molar-refractivity contribution in [1.29, 1.82) is 0 Å². The van der Waals surface area contributed by atoms with Gasteiger partial charge in [-0.3, -0.25) is 10.2 Å². The van der Waals surface area contributed by atoms with Crippen molar-refractivity contribution in [3.63, 3.8) is 0 Å². The zero-order valence-corrected chi connectivity index (χ0v) is 15.9. The Hall–Kier alpha value is -2.56. The van der Waals surface area contributed by atoms with Gasteiger partial charge in [0.05, 0.1) is 5.69 Å². The number of hydrogen-bond acceptors (Lipinski definition) is 7. The standard InChI is InChI=1S/C16H16N4O4S2/c1-9-13(25-16(17-9)12-7-5-4-6-8-12)15(21)18-20-26(22,23)14-10(2)19-24-11(14)3/h4-8,20H,1-3H3,(H,18,21). The van der Waals surface area contributed by atoms with Crippen LogP contribution in [0.2, 0.25) is 0 Å². The molecular weight excluding hydrogens is 376 g/mol. The molecule has 2 heterocycles. The lowest BCUT2D eigenvalue weighted by atomic mass is 10.2. The minimum Gasteiger partial charge on any atom is -0.360 e. The molecule has 3 rings (SSSR count). The second-order valence-electron chi connectivity index (χ2n) is 5.51. The first-order valence-corrected chi connectivity index (χ1v) is 9.87. The van der Waals surface area contributed by atoms with Gasteiger partial charge in [0.2, 0.25) is 0 Å². The Labute approximate surface area is 154 Å². The molecule has 8 nitrogen and oxygen atoms in total. The minimum atomic E-state index is -3.99. The predicted molar refractivity (Wildman–Crippen MR) is 96.1 cm³/mol. The molecule has 0 bridgehead atoms. The number of carbonyl (C=O) groups excluding carboxylic acids is 1. The van der Waals surface area contributed by atoms with Gasteiger partial charge in [0.25, 0.3) is 15.9 Å². The van der Waals surface area contributed by atoms with E-state index in [1.165, 1.54) is 25.2 Å². The van der Waals surface area contributed by atoms with E-state index in [-0.39, 0.29) is 16.3 Å². The van der Waals surface area contributed by atoms with Crippen LogP contribution in [0.5, 0.6) is 0 Å². The molecule has 1 aromatic carbocycles. The Morgan fingerprint density at radius 3 is 2.42 bits per heavy atom. The Morgan fingerprint density at radius 1 is 1.12 bits per heavy atom. The van der Waals surface area contributed by atoms with Crippen LogP contribution in [0.25, 0.3) is 10.6 Å². The molecule has 0 saturated heterocycles. The molecule has 2 aromatic heterocycles. The summed E-state index contributed by atoms with van der Waals surface area (Å²) in [5.41, 5.74) is 3.83. The molecule has 2 N–H and O–H groups in total. The monoisotopic (exact) mass is 392 g/mol. The molecule has 0 aliphatic heterocycles. The van der Waals surface area contributed by atoms with E-state index in [9.17, 15) is 13.2 Å². The highest BCUT2D eigenvalue weighted by Gasteiger charge is 2.25. The SMILES string of the molecule is Cc1nc(-c2ccccc2)sc1C(=O)NNS(=O)(=O)c1c(C)noc1C. The fourth-order valence-corrected chi connectivity index (χ4v) is 4.53. The molecule has 0 fully saturated rings. The fourth-order valence-electron chi connectivity index (χ4n) is 2.39. The van der Waals surface area contributed by atoms with Gasteiger partial charge >= 0.3 is 0 Å². The van der Waals surface area contributed by atoms with Gasteiger partial charge < -0.3 is 4.52 Å². The van der Waals surface area contributed by atoms with Crippen LogP contribution in [0.15, 0.2) is 39.8 Å². The van der Waals surface area contributed by atoms with Gasteiger partial charge in [0, 0.05) is 5.56 Å². The maximum atomic E-state index is 12.4. The number of benzene rings is 1. The number of thiazole rings is 1. The molecule has 0 aliphatic carbocycles. The molecule has 0 aliphatic rings. The summed E-state index contributed by atoms with van der Waals surface area (Å²) in [4.78, 5) is 19.1. The average Bonchev–Trinajstić information content (AvgIpc) is 3.16. The average molecular weight is 392 g/mol. The summed E-state index contributed by atoms with van der Waals surface area (Å²) < 4.78 is 29.5. The highest BCUT2D eigenvalue weighted by atomic mass is 32.2. The van der Waals surface area contributed by atoms with Crippen molar-refractivity contribution >= 4 is 27.3 Å². The lowest BCUT2D eigenvalue weighted by molar-refractivity contribution is 0.0948. The van der Waals surface area contributed by atoms with Gasteiger partial charge in [0.15, 0.2) is 5.76 Å². The van der Waals surface area contributed by atoms with Crippen molar-refractivity contribution in [2.45, 2.75) is 25.7 Å². The Kier molecular flexibility index (Phi) is 4.90. The summed E-state index contributed by atoms with van der Waals surface area (Å²) in [7, 11) is -3.99. The third kappa shape index (κ3) is 3.52. The van der Waals surface area contributed by atoms with E-state index in [2.05, 4.69) is 20.4 Å². The first-order valence-electron chi connectivity index (χ1n) is 7.57. The third-order valence-electron chi connectivity index (χ3n) is 3.56. The number of nitrogens with one attached hydrogen (secondary N) is 2. The summed E-state index contributed by atoms with van der Waals surface area (Å²) in [5.74, 6) is -0.443. The molecular formula is C16H16N4O4S2. The fraction of sp³-hybridized carbons (Fsp3) is 0.188. The van der Waals surface area contributed by atoms with E-state index in [0.717, 1.165) is 5.56 Å². The van der Waals surface area contributed by atoms with Crippen molar-refractivity contribution in [2.24, 2.45) is 0 Å². The Morgan fingerprint density at radius 2 is 1.81 bits per heavy atom. The second kappa shape index (κ2) is 6.98. The number of amides is 1. The van der Waals surface area contributed by atoms with Crippen molar-refractivity contribution in [3.05, 3.63) is 52.4 Å². The number of hydrazine groups is 1. The molecule has 0 spiro atoms. The highest BCUT2D eigenvalue weighted by molar-refractivity contribution is 7.89. The third-order valence-corrected chi connectivity index (χ3v) is 6.26. The molecule has 10 heteroatoms. The molecule has 0 atom stereocenters. The molecule has 0 saturated carbocycles. The lowest BCUT2D eigenvalue weighted by Crippen LogP contribution is -2.41. The van der Waals surface area contributed by atoms with E-state index in [0.29, 0.717) is 15.6 Å². The second-order valence-corrected chi connectivity index (χ2v) is 8.13. The van der Waals surface area contributed by atoms with E-state index in [1.54, 1.807) is 6.92 Å². The van der Waals surface area contributed by atoms with Crippen LogP contribution in [0.3, 0.4) is 0 Å². The summed E-state index contributed by atoms with van der Waals surface area (Å²) in [6.45, 7) is 4.68. The van der Waals surface area contributed by atoms with Crippen molar-refractivity contribution in [1.82, 2.24) is 20.4 Å². The number of rotatable bonds is 5. The van der Waals surface area contributed by atoms with Crippen LogP contribution >= 0.6 is 11.3 Å². The number of aryl methyl sites for hydroxylation is 3. The summed E-state index contributed by atoms with van der Waals surface area (Å²) in [6.07, 6.45) is 0.